The highest BCUT2D eigenvalue weighted by molar-refractivity contribution is 5.37. The summed E-state index contributed by atoms with van der Waals surface area (Å²) in [4.78, 5) is 0. The summed E-state index contributed by atoms with van der Waals surface area (Å²) < 4.78 is 5.72. The molecular weight excluding hydrogens is 184 g/mol. The lowest BCUT2D eigenvalue weighted by atomic mass is 9.83. The molecule has 1 atom stereocenters. The van der Waals surface area contributed by atoms with Crippen molar-refractivity contribution in [2.45, 2.75) is 45.6 Å². The van der Waals surface area contributed by atoms with Crippen LogP contribution in [0, 0.1) is 6.92 Å². The molecule has 0 aliphatic carbocycles. The van der Waals surface area contributed by atoms with Crippen LogP contribution in [0.5, 0.6) is 0 Å². The van der Waals surface area contributed by atoms with Crippen LogP contribution in [-0.4, -0.2) is 6.61 Å². The Labute approximate surface area is 92.5 Å². The van der Waals surface area contributed by atoms with E-state index in [0.717, 1.165) is 13.0 Å². The van der Waals surface area contributed by atoms with Crippen molar-refractivity contribution >= 4 is 0 Å². The standard InChI is InChI=1S/C14H20O/c1-10(2)12-6-5-11(3)13(9-12)14(4)7-8-15-14/h5-6,9-10H,7-8H2,1-4H3. The summed E-state index contributed by atoms with van der Waals surface area (Å²) in [7, 11) is 0. The van der Waals surface area contributed by atoms with E-state index in [0.29, 0.717) is 5.92 Å². The fourth-order valence-electron chi connectivity index (χ4n) is 2.19. The Bertz CT molecular complexity index is 362. The quantitative estimate of drug-likeness (QED) is 0.713. The van der Waals surface area contributed by atoms with Crippen LogP contribution in [0.4, 0.5) is 0 Å². The van der Waals surface area contributed by atoms with Crippen LogP contribution >= 0.6 is 0 Å². The summed E-state index contributed by atoms with van der Waals surface area (Å²) in [5.41, 5.74) is 4.11. The van der Waals surface area contributed by atoms with E-state index in [2.05, 4.69) is 45.9 Å². The molecule has 1 aromatic carbocycles. The number of benzene rings is 1. The van der Waals surface area contributed by atoms with Gasteiger partial charge in [-0.15, -0.1) is 0 Å². The van der Waals surface area contributed by atoms with Crippen molar-refractivity contribution < 1.29 is 4.74 Å². The van der Waals surface area contributed by atoms with E-state index in [1.165, 1.54) is 16.7 Å². The average molecular weight is 204 g/mol. The first-order valence-electron chi connectivity index (χ1n) is 5.78. The second-order valence-corrected chi connectivity index (χ2v) is 5.06. The van der Waals surface area contributed by atoms with E-state index < -0.39 is 0 Å². The smallest absolute Gasteiger partial charge is 0.0927 e. The summed E-state index contributed by atoms with van der Waals surface area (Å²) >= 11 is 0. The Morgan fingerprint density at radius 1 is 1.33 bits per heavy atom. The molecule has 0 aromatic heterocycles. The lowest BCUT2D eigenvalue weighted by Gasteiger charge is -2.40. The van der Waals surface area contributed by atoms with Gasteiger partial charge >= 0.3 is 0 Å². The van der Waals surface area contributed by atoms with E-state index in [9.17, 15) is 0 Å². The van der Waals surface area contributed by atoms with Crippen molar-refractivity contribution in [3.63, 3.8) is 0 Å². The minimum atomic E-state index is -0.0189. The van der Waals surface area contributed by atoms with Crippen LogP contribution in [0.25, 0.3) is 0 Å². The molecule has 1 fully saturated rings. The molecule has 1 heteroatoms. The van der Waals surface area contributed by atoms with Crippen molar-refractivity contribution in [1.82, 2.24) is 0 Å². The average Bonchev–Trinajstić information content (AvgIpc) is 2.14. The fourth-order valence-corrected chi connectivity index (χ4v) is 2.19. The van der Waals surface area contributed by atoms with Crippen molar-refractivity contribution in [3.8, 4) is 0 Å². The van der Waals surface area contributed by atoms with Gasteiger partial charge in [-0.1, -0.05) is 32.0 Å². The van der Waals surface area contributed by atoms with Gasteiger partial charge in [-0.3, -0.25) is 0 Å². The lowest BCUT2D eigenvalue weighted by Crippen LogP contribution is -2.38. The van der Waals surface area contributed by atoms with E-state index in [1.54, 1.807) is 0 Å². The van der Waals surface area contributed by atoms with Gasteiger partial charge in [-0.2, -0.15) is 0 Å². The predicted molar refractivity (Wildman–Crippen MR) is 63.2 cm³/mol. The SMILES string of the molecule is Cc1ccc(C(C)C)cc1C1(C)CCO1. The third kappa shape index (κ3) is 1.81. The topological polar surface area (TPSA) is 9.23 Å². The molecule has 0 amide bonds. The van der Waals surface area contributed by atoms with Gasteiger partial charge in [0.2, 0.25) is 0 Å². The van der Waals surface area contributed by atoms with Crippen LogP contribution in [0.3, 0.4) is 0 Å². The fraction of sp³-hybridized carbons (Fsp3) is 0.571. The summed E-state index contributed by atoms with van der Waals surface area (Å²) in [5.74, 6) is 0.591. The van der Waals surface area contributed by atoms with Gasteiger partial charge < -0.3 is 4.74 Å². The molecule has 1 nitrogen and oxygen atoms in total. The summed E-state index contributed by atoms with van der Waals surface area (Å²) in [6, 6.07) is 6.77. The molecule has 1 heterocycles. The van der Waals surface area contributed by atoms with Gasteiger partial charge in [0, 0.05) is 6.42 Å². The molecule has 0 spiro atoms. The highest BCUT2D eigenvalue weighted by Crippen LogP contribution is 2.39. The van der Waals surface area contributed by atoms with Crippen molar-refractivity contribution in [2.75, 3.05) is 6.61 Å². The Morgan fingerprint density at radius 2 is 2.00 bits per heavy atom. The van der Waals surface area contributed by atoms with Crippen LogP contribution in [0.15, 0.2) is 18.2 Å². The van der Waals surface area contributed by atoms with Gasteiger partial charge in [0.05, 0.1) is 12.2 Å². The first-order chi connectivity index (χ1) is 7.03. The molecule has 0 bridgehead atoms. The molecule has 1 aromatic rings. The maximum Gasteiger partial charge on any atom is 0.0927 e. The Hall–Kier alpha value is -0.820. The summed E-state index contributed by atoms with van der Waals surface area (Å²) in [6.45, 7) is 9.74. The largest absolute Gasteiger partial charge is 0.370 e. The van der Waals surface area contributed by atoms with Crippen molar-refractivity contribution in [3.05, 3.63) is 34.9 Å². The predicted octanol–water partition coefficient (Wildman–Crippen LogP) is 3.75. The number of hydrogen-bond acceptors (Lipinski definition) is 1. The van der Waals surface area contributed by atoms with Gasteiger partial charge in [0.1, 0.15) is 0 Å². The number of aryl methyl sites for hydroxylation is 1. The van der Waals surface area contributed by atoms with E-state index in [4.69, 9.17) is 4.74 Å². The third-order valence-corrected chi connectivity index (χ3v) is 3.50. The van der Waals surface area contributed by atoms with Crippen LogP contribution in [0.1, 0.15) is 49.8 Å². The molecule has 15 heavy (non-hydrogen) atoms. The second kappa shape index (κ2) is 3.64. The lowest BCUT2D eigenvalue weighted by molar-refractivity contribution is -0.141. The number of hydrogen-bond donors (Lipinski definition) is 0. The molecule has 0 radical (unpaired) electrons. The highest BCUT2D eigenvalue weighted by atomic mass is 16.5. The minimum Gasteiger partial charge on any atom is -0.370 e. The minimum absolute atomic E-state index is 0.0189. The summed E-state index contributed by atoms with van der Waals surface area (Å²) in [5, 5.41) is 0. The zero-order chi connectivity index (χ0) is 11.1. The zero-order valence-electron chi connectivity index (χ0n) is 10.1. The first kappa shape index (κ1) is 10.7. The highest BCUT2D eigenvalue weighted by Gasteiger charge is 2.36. The molecule has 1 saturated heterocycles. The van der Waals surface area contributed by atoms with Gasteiger partial charge in [-0.05, 0) is 36.5 Å². The number of ether oxygens (including phenoxy) is 1. The molecule has 1 aliphatic heterocycles. The summed E-state index contributed by atoms with van der Waals surface area (Å²) in [6.07, 6.45) is 1.15. The van der Waals surface area contributed by atoms with Crippen LogP contribution in [0.2, 0.25) is 0 Å². The normalized spacial score (nSPS) is 25.4. The molecule has 1 unspecified atom stereocenters. The zero-order valence-corrected chi connectivity index (χ0v) is 10.1. The van der Waals surface area contributed by atoms with Gasteiger partial charge in [0.25, 0.3) is 0 Å². The van der Waals surface area contributed by atoms with Gasteiger partial charge in [0.15, 0.2) is 0 Å². The maximum absolute atomic E-state index is 5.72. The monoisotopic (exact) mass is 204 g/mol. The van der Waals surface area contributed by atoms with Crippen molar-refractivity contribution in [1.29, 1.82) is 0 Å². The maximum atomic E-state index is 5.72. The third-order valence-electron chi connectivity index (χ3n) is 3.50. The van der Waals surface area contributed by atoms with Gasteiger partial charge in [-0.25, -0.2) is 0 Å². The van der Waals surface area contributed by atoms with Crippen LogP contribution < -0.4 is 0 Å². The molecule has 82 valence electrons. The van der Waals surface area contributed by atoms with E-state index in [-0.39, 0.29) is 5.60 Å². The van der Waals surface area contributed by atoms with E-state index >= 15 is 0 Å². The Kier molecular flexibility index (Phi) is 2.59. The Morgan fingerprint density at radius 3 is 2.47 bits per heavy atom. The molecular formula is C14H20O. The molecule has 0 N–H and O–H groups in total. The molecule has 0 saturated carbocycles. The molecule has 2 rings (SSSR count). The number of rotatable bonds is 2. The van der Waals surface area contributed by atoms with Crippen molar-refractivity contribution in [2.24, 2.45) is 0 Å². The Balaban J connectivity index is 2.41. The molecule has 1 aliphatic rings. The van der Waals surface area contributed by atoms with E-state index in [1.807, 2.05) is 0 Å². The van der Waals surface area contributed by atoms with Crippen LogP contribution in [-0.2, 0) is 10.3 Å². The first-order valence-corrected chi connectivity index (χ1v) is 5.78. The second-order valence-electron chi connectivity index (χ2n) is 5.06.